The molecule has 0 unspecified atom stereocenters. The Morgan fingerprint density at radius 2 is 1.74 bits per heavy atom. The third-order valence-electron chi connectivity index (χ3n) is 4.14. The van der Waals surface area contributed by atoms with Crippen molar-refractivity contribution in [2.45, 2.75) is 6.61 Å². The first-order chi connectivity index (χ1) is 14.9. The Hall–Kier alpha value is -2.74. The van der Waals surface area contributed by atoms with Crippen molar-refractivity contribution < 1.29 is 19.1 Å². The third kappa shape index (κ3) is 6.13. The maximum absolute atomic E-state index is 12.3. The summed E-state index contributed by atoms with van der Waals surface area (Å²) in [6.07, 6.45) is 0. The zero-order valence-corrected chi connectivity index (χ0v) is 19.4. The number of nitrogens with two attached hydrogens (primary N) is 1. The van der Waals surface area contributed by atoms with E-state index in [0.717, 1.165) is 10.0 Å². The monoisotopic (exact) mass is 522 g/mol. The van der Waals surface area contributed by atoms with Crippen LogP contribution in [0.2, 0.25) is 10.0 Å². The van der Waals surface area contributed by atoms with E-state index in [1.807, 2.05) is 6.07 Å². The van der Waals surface area contributed by atoms with Gasteiger partial charge in [-0.2, -0.15) is 0 Å². The van der Waals surface area contributed by atoms with E-state index in [1.165, 1.54) is 7.11 Å². The summed E-state index contributed by atoms with van der Waals surface area (Å²) in [6.45, 7) is 0.288. The highest BCUT2D eigenvalue weighted by Crippen LogP contribution is 2.28. The summed E-state index contributed by atoms with van der Waals surface area (Å²) in [5.74, 6) is 0.322. The Bertz CT molecular complexity index is 1120. The minimum atomic E-state index is -0.660. The van der Waals surface area contributed by atoms with E-state index >= 15 is 0 Å². The first-order valence-electron chi connectivity index (χ1n) is 8.93. The van der Waals surface area contributed by atoms with Gasteiger partial charge >= 0.3 is 5.97 Å². The van der Waals surface area contributed by atoms with Crippen LogP contribution in [0.3, 0.4) is 0 Å². The van der Waals surface area contributed by atoms with Gasteiger partial charge in [0.25, 0.3) is 0 Å². The Kier molecular flexibility index (Phi) is 7.79. The average molecular weight is 524 g/mol. The van der Waals surface area contributed by atoms with Gasteiger partial charge in [0, 0.05) is 9.50 Å². The zero-order valence-electron chi connectivity index (χ0n) is 16.3. The molecular formula is C22H17BrCl2N2O4. The maximum Gasteiger partial charge on any atom is 0.365 e. The van der Waals surface area contributed by atoms with Gasteiger partial charge < -0.3 is 20.0 Å². The van der Waals surface area contributed by atoms with Crippen LogP contribution in [0.15, 0.2) is 70.3 Å². The molecule has 0 bridgehead atoms. The van der Waals surface area contributed by atoms with E-state index in [2.05, 4.69) is 21.1 Å². The number of benzene rings is 3. The normalized spacial score (nSPS) is 11.2. The molecule has 3 aromatic rings. The number of amidine groups is 1. The predicted octanol–water partition coefficient (Wildman–Crippen LogP) is 5.82. The fourth-order valence-electron chi connectivity index (χ4n) is 2.56. The molecule has 9 heteroatoms. The van der Waals surface area contributed by atoms with Crippen molar-refractivity contribution in [1.82, 2.24) is 0 Å². The van der Waals surface area contributed by atoms with Crippen molar-refractivity contribution in [3.05, 3.63) is 91.9 Å². The third-order valence-corrected chi connectivity index (χ3v) is 5.17. The summed E-state index contributed by atoms with van der Waals surface area (Å²) in [4.78, 5) is 17.2. The highest BCUT2D eigenvalue weighted by atomic mass is 79.9. The lowest BCUT2D eigenvalue weighted by Gasteiger charge is -2.09. The molecule has 0 heterocycles. The topological polar surface area (TPSA) is 83.1 Å². The molecule has 0 aliphatic carbocycles. The number of ether oxygens (including phenoxy) is 2. The lowest BCUT2D eigenvalue weighted by molar-refractivity contribution is 0.0516. The summed E-state index contributed by atoms with van der Waals surface area (Å²) in [5.41, 5.74) is 7.48. The smallest absolute Gasteiger partial charge is 0.365 e. The lowest BCUT2D eigenvalue weighted by atomic mass is 10.1. The highest BCUT2D eigenvalue weighted by molar-refractivity contribution is 9.10. The van der Waals surface area contributed by atoms with Gasteiger partial charge in [0.2, 0.25) is 0 Å². The second kappa shape index (κ2) is 10.5. The highest BCUT2D eigenvalue weighted by Gasteiger charge is 2.12. The van der Waals surface area contributed by atoms with Gasteiger partial charge in [-0.1, -0.05) is 56.4 Å². The molecule has 0 fully saturated rings. The molecule has 0 saturated carbocycles. The fourth-order valence-corrected chi connectivity index (χ4v) is 3.46. The number of nitrogens with zero attached hydrogens (tertiary/aromatic N) is 1. The Labute approximate surface area is 197 Å². The van der Waals surface area contributed by atoms with Gasteiger partial charge in [-0.15, -0.1) is 0 Å². The largest absolute Gasteiger partial charge is 0.496 e. The van der Waals surface area contributed by atoms with Crippen molar-refractivity contribution in [2.24, 2.45) is 10.9 Å². The van der Waals surface area contributed by atoms with Crippen LogP contribution in [-0.4, -0.2) is 18.9 Å². The van der Waals surface area contributed by atoms with Gasteiger partial charge in [-0.05, 0) is 54.1 Å². The van der Waals surface area contributed by atoms with Crippen LogP contribution in [0, 0.1) is 0 Å². The molecule has 0 atom stereocenters. The lowest BCUT2D eigenvalue weighted by Crippen LogP contribution is -2.16. The number of carbonyl (C=O) groups is 1. The Morgan fingerprint density at radius 3 is 2.42 bits per heavy atom. The first-order valence-corrected chi connectivity index (χ1v) is 10.5. The molecule has 0 radical (unpaired) electrons. The van der Waals surface area contributed by atoms with Gasteiger partial charge in [0.1, 0.15) is 18.1 Å². The molecule has 0 aromatic heterocycles. The summed E-state index contributed by atoms with van der Waals surface area (Å²) in [5, 5.41) is 4.65. The fraction of sp³-hybridized carbons (Fsp3) is 0.0909. The van der Waals surface area contributed by atoms with Crippen molar-refractivity contribution in [3.63, 3.8) is 0 Å². The molecule has 31 heavy (non-hydrogen) atoms. The summed E-state index contributed by atoms with van der Waals surface area (Å²) in [6, 6.07) is 16.9. The number of oxime groups is 1. The SMILES string of the molecule is COc1ccc(Cl)cc1/C(N)=N/OC(=O)c1ccc(COc2ccc(Br)cc2Cl)cc1. The molecule has 6 nitrogen and oxygen atoms in total. The van der Waals surface area contributed by atoms with Crippen molar-refractivity contribution in [3.8, 4) is 11.5 Å². The van der Waals surface area contributed by atoms with Crippen molar-refractivity contribution in [1.29, 1.82) is 0 Å². The molecule has 0 saturated heterocycles. The van der Waals surface area contributed by atoms with Crippen LogP contribution in [0.4, 0.5) is 0 Å². The van der Waals surface area contributed by atoms with Crippen LogP contribution in [0.25, 0.3) is 0 Å². The van der Waals surface area contributed by atoms with Gasteiger partial charge in [0.15, 0.2) is 5.84 Å². The van der Waals surface area contributed by atoms with E-state index < -0.39 is 5.97 Å². The van der Waals surface area contributed by atoms with Crippen LogP contribution in [-0.2, 0) is 11.4 Å². The molecule has 3 rings (SSSR count). The molecule has 0 amide bonds. The Balaban J connectivity index is 1.62. The summed E-state index contributed by atoms with van der Waals surface area (Å²) < 4.78 is 11.8. The van der Waals surface area contributed by atoms with E-state index in [0.29, 0.717) is 32.7 Å². The van der Waals surface area contributed by atoms with Gasteiger partial charge in [-0.25, -0.2) is 4.79 Å². The van der Waals surface area contributed by atoms with Crippen LogP contribution >= 0.6 is 39.1 Å². The number of hydrogen-bond donors (Lipinski definition) is 1. The Morgan fingerprint density at radius 1 is 1.03 bits per heavy atom. The second-order valence-corrected chi connectivity index (χ2v) is 8.02. The minimum Gasteiger partial charge on any atom is -0.496 e. The molecule has 0 spiro atoms. The molecule has 2 N–H and O–H groups in total. The second-order valence-electron chi connectivity index (χ2n) is 6.26. The summed E-state index contributed by atoms with van der Waals surface area (Å²) >= 11 is 15.5. The zero-order chi connectivity index (χ0) is 22.4. The average Bonchev–Trinajstić information content (AvgIpc) is 2.77. The van der Waals surface area contributed by atoms with Gasteiger partial charge in [-0.3, -0.25) is 0 Å². The molecule has 160 valence electrons. The first kappa shape index (κ1) is 22.9. The number of methoxy groups -OCH3 is 1. The van der Waals surface area contributed by atoms with E-state index in [1.54, 1.807) is 54.6 Å². The van der Waals surface area contributed by atoms with Crippen LogP contribution in [0.1, 0.15) is 21.5 Å². The van der Waals surface area contributed by atoms with Crippen LogP contribution in [0.5, 0.6) is 11.5 Å². The van der Waals surface area contributed by atoms with E-state index in [-0.39, 0.29) is 12.4 Å². The quantitative estimate of drug-likeness (QED) is 0.182. The number of hydrogen-bond acceptors (Lipinski definition) is 5. The van der Waals surface area contributed by atoms with Crippen molar-refractivity contribution >= 4 is 50.9 Å². The number of rotatable bonds is 7. The molecular weight excluding hydrogens is 507 g/mol. The predicted molar refractivity (Wildman–Crippen MR) is 124 cm³/mol. The summed E-state index contributed by atoms with van der Waals surface area (Å²) in [7, 11) is 1.49. The molecule has 0 aliphatic heterocycles. The minimum absolute atomic E-state index is 0.0379. The number of carbonyl (C=O) groups excluding carboxylic acids is 1. The van der Waals surface area contributed by atoms with Crippen molar-refractivity contribution in [2.75, 3.05) is 7.11 Å². The molecule has 3 aromatic carbocycles. The van der Waals surface area contributed by atoms with E-state index in [9.17, 15) is 4.79 Å². The van der Waals surface area contributed by atoms with E-state index in [4.69, 9.17) is 43.2 Å². The van der Waals surface area contributed by atoms with Crippen LogP contribution < -0.4 is 15.2 Å². The number of halogens is 3. The van der Waals surface area contributed by atoms with Gasteiger partial charge in [0.05, 0.1) is 23.3 Å². The molecule has 0 aliphatic rings. The maximum atomic E-state index is 12.3. The standard InChI is InChI=1S/C22H17BrCl2N2O4/c1-29-19-9-7-16(24)11-17(19)21(26)27-31-22(28)14-4-2-13(3-5-14)12-30-20-8-6-15(23)10-18(20)25/h2-11H,12H2,1H3,(H2,26,27).